The Bertz CT molecular complexity index is 569. The minimum absolute atomic E-state index is 0. The van der Waals surface area contributed by atoms with E-state index in [0.717, 1.165) is 10.9 Å². The smallest absolute Gasteiger partial charge is 0.263 e. The van der Waals surface area contributed by atoms with Gasteiger partial charge in [0.05, 0.1) is 4.47 Å². The van der Waals surface area contributed by atoms with Crippen molar-refractivity contribution in [1.82, 2.24) is 4.90 Å². The lowest BCUT2D eigenvalue weighted by molar-refractivity contribution is -0.141. The molecule has 1 fully saturated rings. The molecular formula is C16H23BrCl2N2O2. The van der Waals surface area contributed by atoms with Crippen molar-refractivity contribution in [2.75, 3.05) is 13.1 Å². The number of ether oxygens (including phenoxy) is 1. The minimum Gasteiger partial charge on any atom is -0.480 e. The van der Waals surface area contributed by atoms with E-state index < -0.39 is 6.10 Å². The maximum atomic E-state index is 12.6. The van der Waals surface area contributed by atoms with Crippen LogP contribution in [0.4, 0.5) is 0 Å². The monoisotopic (exact) mass is 424 g/mol. The number of hydrogen-bond acceptors (Lipinski definition) is 3. The van der Waals surface area contributed by atoms with Gasteiger partial charge in [-0.15, -0.1) is 12.4 Å². The number of carbonyl (C=O) groups excluding carboxylic acids is 1. The van der Waals surface area contributed by atoms with Crippen LogP contribution in [0.1, 0.15) is 27.2 Å². The van der Waals surface area contributed by atoms with Crippen molar-refractivity contribution in [3.05, 3.63) is 27.7 Å². The Morgan fingerprint density at radius 2 is 2.17 bits per heavy atom. The maximum Gasteiger partial charge on any atom is 0.263 e. The van der Waals surface area contributed by atoms with Crippen molar-refractivity contribution in [1.29, 1.82) is 0 Å². The van der Waals surface area contributed by atoms with E-state index in [-0.39, 0.29) is 29.8 Å². The van der Waals surface area contributed by atoms with E-state index >= 15 is 0 Å². The van der Waals surface area contributed by atoms with E-state index in [1.54, 1.807) is 25.1 Å². The average Bonchev–Trinajstić information content (AvgIpc) is 2.44. The van der Waals surface area contributed by atoms with Crippen LogP contribution in [0.15, 0.2) is 22.7 Å². The first kappa shape index (κ1) is 20.6. The summed E-state index contributed by atoms with van der Waals surface area (Å²) in [4.78, 5) is 14.4. The Kier molecular flexibility index (Phi) is 7.20. The summed E-state index contributed by atoms with van der Waals surface area (Å²) in [6, 6.07) is 5.36. The third kappa shape index (κ3) is 4.99. The van der Waals surface area contributed by atoms with Crippen LogP contribution in [0.5, 0.6) is 5.75 Å². The molecule has 1 aromatic carbocycles. The summed E-state index contributed by atoms with van der Waals surface area (Å²) >= 11 is 9.31. The summed E-state index contributed by atoms with van der Waals surface area (Å²) in [5.74, 6) is 0.597. The Labute approximate surface area is 157 Å². The fourth-order valence-electron chi connectivity index (χ4n) is 2.63. The van der Waals surface area contributed by atoms with Crippen LogP contribution < -0.4 is 10.5 Å². The van der Waals surface area contributed by atoms with Gasteiger partial charge in [0.15, 0.2) is 6.10 Å². The van der Waals surface area contributed by atoms with Gasteiger partial charge in [0.2, 0.25) is 0 Å². The van der Waals surface area contributed by atoms with E-state index in [9.17, 15) is 4.79 Å². The van der Waals surface area contributed by atoms with E-state index in [1.165, 1.54) is 0 Å². The van der Waals surface area contributed by atoms with Gasteiger partial charge in [-0.1, -0.05) is 25.4 Å². The topological polar surface area (TPSA) is 55.6 Å². The number of benzene rings is 1. The van der Waals surface area contributed by atoms with Gasteiger partial charge in [-0.05, 0) is 52.9 Å². The highest BCUT2D eigenvalue weighted by atomic mass is 79.9. The molecule has 0 bridgehead atoms. The quantitative estimate of drug-likeness (QED) is 0.799. The highest BCUT2D eigenvalue weighted by Gasteiger charge is 2.36. The molecule has 0 spiro atoms. The van der Waals surface area contributed by atoms with Gasteiger partial charge in [0.1, 0.15) is 5.75 Å². The van der Waals surface area contributed by atoms with Crippen molar-refractivity contribution < 1.29 is 9.53 Å². The molecule has 1 heterocycles. The van der Waals surface area contributed by atoms with E-state index in [2.05, 4.69) is 29.8 Å². The van der Waals surface area contributed by atoms with Gasteiger partial charge in [-0.2, -0.15) is 0 Å². The third-order valence-corrected chi connectivity index (χ3v) is 5.02. The molecule has 0 saturated carbocycles. The van der Waals surface area contributed by atoms with Gasteiger partial charge in [0, 0.05) is 24.2 Å². The second-order valence-corrected chi connectivity index (χ2v) is 7.77. The summed E-state index contributed by atoms with van der Waals surface area (Å²) in [6.45, 7) is 7.29. The lowest BCUT2D eigenvalue weighted by Crippen LogP contribution is -2.56. The van der Waals surface area contributed by atoms with Crippen LogP contribution in [0.25, 0.3) is 0 Å². The molecule has 1 amide bonds. The fourth-order valence-corrected chi connectivity index (χ4v) is 3.41. The maximum absolute atomic E-state index is 12.6. The molecule has 0 aromatic heterocycles. The van der Waals surface area contributed by atoms with Crippen molar-refractivity contribution in [3.63, 3.8) is 0 Å². The lowest BCUT2D eigenvalue weighted by Gasteiger charge is -2.43. The molecule has 1 aromatic rings. The summed E-state index contributed by atoms with van der Waals surface area (Å²) < 4.78 is 6.52. The van der Waals surface area contributed by atoms with E-state index in [1.807, 2.05) is 4.90 Å². The number of rotatable bonds is 3. The molecule has 1 aliphatic heterocycles. The average molecular weight is 426 g/mol. The second kappa shape index (κ2) is 8.06. The Morgan fingerprint density at radius 3 is 2.74 bits per heavy atom. The summed E-state index contributed by atoms with van der Waals surface area (Å²) in [5, 5.41) is 0.616. The van der Waals surface area contributed by atoms with Crippen molar-refractivity contribution in [3.8, 4) is 5.75 Å². The molecule has 2 atom stereocenters. The number of piperidine rings is 1. The van der Waals surface area contributed by atoms with Crippen molar-refractivity contribution in [2.45, 2.75) is 39.3 Å². The van der Waals surface area contributed by atoms with E-state index in [0.29, 0.717) is 23.9 Å². The van der Waals surface area contributed by atoms with Crippen molar-refractivity contribution in [2.24, 2.45) is 11.1 Å². The van der Waals surface area contributed by atoms with Crippen LogP contribution in [0, 0.1) is 5.41 Å². The molecule has 0 radical (unpaired) electrons. The van der Waals surface area contributed by atoms with Gasteiger partial charge in [-0.3, -0.25) is 4.79 Å². The molecule has 1 aliphatic rings. The number of likely N-dealkylation sites (tertiary alicyclic amines) is 1. The number of hydrogen-bond donors (Lipinski definition) is 1. The Morgan fingerprint density at radius 1 is 1.52 bits per heavy atom. The molecule has 2 rings (SSSR count). The molecule has 0 aliphatic carbocycles. The summed E-state index contributed by atoms with van der Waals surface area (Å²) in [7, 11) is 0. The molecule has 23 heavy (non-hydrogen) atoms. The molecular weight excluding hydrogens is 403 g/mol. The predicted octanol–water partition coefficient (Wildman–Crippen LogP) is 3.88. The zero-order chi connectivity index (χ0) is 16.5. The first-order chi connectivity index (χ1) is 10.2. The molecule has 130 valence electrons. The van der Waals surface area contributed by atoms with Gasteiger partial charge in [0.25, 0.3) is 5.91 Å². The van der Waals surface area contributed by atoms with Crippen LogP contribution in [-0.2, 0) is 4.79 Å². The normalized spacial score (nSPS) is 21.3. The van der Waals surface area contributed by atoms with Crippen LogP contribution in [0.3, 0.4) is 0 Å². The molecule has 7 heteroatoms. The number of halogens is 3. The fraction of sp³-hybridized carbons (Fsp3) is 0.562. The molecule has 1 saturated heterocycles. The Balaban J connectivity index is 0.00000264. The molecule has 4 nitrogen and oxygen atoms in total. The SMILES string of the molecule is CC(Oc1ccc(Cl)cc1Br)C(=O)N1CCC(N)C(C)(C)C1.Cl. The Hall–Kier alpha value is -0.490. The highest BCUT2D eigenvalue weighted by molar-refractivity contribution is 9.10. The largest absolute Gasteiger partial charge is 0.480 e. The third-order valence-electron chi connectivity index (χ3n) is 4.17. The number of nitrogens with zero attached hydrogens (tertiary/aromatic N) is 1. The lowest BCUT2D eigenvalue weighted by atomic mass is 9.79. The van der Waals surface area contributed by atoms with Crippen LogP contribution >= 0.6 is 39.9 Å². The standard InChI is InChI=1S/C16H22BrClN2O2.ClH/c1-10(22-13-5-4-11(18)8-12(13)17)15(21)20-7-6-14(19)16(2,3)9-20;/h4-5,8,10,14H,6-7,9,19H2,1-3H3;1H. The zero-order valence-electron chi connectivity index (χ0n) is 13.5. The number of carbonyl (C=O) groups is 1. The minimum atomic E-state index is -0.553. The highest BCUT2D eigenvalue weighted by Crippen LogP contribution is 2.30. The van der Waals surface area contributed by atoms with Gasteiger partial charge in [-0.25, -0.2) is 0 Å². The predicted molar refractivity (Wildman–Crippen MR) is 99.4 cm³/mol. The first-order valence-corrected chi connectivity index (χ1v) is 8.54. The number of amides is 1. The zero-order valence-corrected chi connectivity index (χ0v) is 16.7. The first-order valence-electron chi connectivity index (χ1n) is 7.37. The second-order valence-electron chi connectivity index (χ2n) is 6.48. The van der Waals surface area contributed by atoms with Gasteiger partial charge < -0.3 is 15.4 Å². The summed E-state index contributed by atoms with van der Waals surface area (Å²) in [6.07, 6.45) is 0.262. The van der Waals surface area contributed by atoms with Crippen molar-refractivity contribution >= 4 is 45.8 Å². The van der Waals surface area contributed by atoms with Crippen LogP contribution in [-0.4, -0.2) is 36.0 Å². The van der Waals surface area contributed by atoms with Crippen LogP contribution in [0.2, 0.25) is 5.02 Å². The number of nitrogens with two attached hydrogens (primary N) is 1. The molecule has 2 N–H and O–H groups in total. The molecule has 2 unspecified atom stereocenters. The van der Waals surface area contributed by atoms with Gasteiger partial charge >= 0.3 is 0 Å². The summed E-state index contributed by atoms with van der Waals surface area (Å²) in [5.41, 5.74) is 6.05. The van der Waals surface area contributed by atoms with E-state index in [4.69, 9.17) is 22.1 Å².